The zero-order chi connectivity index (χ0) is 13.4. The molecular formula is C15H13ClN2O. The number of hydrogen-bond donors (Lipinski definition) is 1. The Labute approximate surface area is 116 Å². The van der Waals surface area contributed by atoms with Crippen LogP contribution in [0.3, 0.4) is 0 Å². The Morgan fingerprint density at radius 3 is 2.68 bits per heavy atom. The van der Waals surface area contributed by atoms with Crippen molar-refractivity contribution in [1.29, 1.82) is 0 Å². The van der Waals surface area contributed by atoms with E-state index in [0.29, 0.717) is 18.0 Å². The molecule has 0 aliphatic carbocycles. The Morgan fingerprint density at radius 2 is 1.95 bits per heavy atom. The number of nitrogen functional groups attached to an aromatic ring is 1. The first-order valence-corrected chi connectivity index (χ1v) is 6.39. The molecule has 0 aliphatic heterocycles. The van der Waals surface area contributed by atoms with Gasteiger partial charge in [0.25, 0.3) is 0 Å². The molecule has 2 aromatic carbocycles. The first kappa shape index (κ1) is 12.1. The molecule has 19 heavy (non-hydrogen) atoms. The smallest absolute Gasteiger partial charge is 0.199 e. The van der Waals surface area contributed by atoms with Gasteiger partial charge in [0, 0.05) is 17.1 Å². The minimum atomic E-state index is 0.644. The standard InChI is InChI=1S/C15H13ClN2O/c1-9-6-12(17)8-13-15(9)19-14(18-13)7-10-2-4-11(16)5-3-10/h2-6,8H,7,17H2,1H3. The third-order valence-corrected chi connectivity index (χ3v) is 3.26. The highest BCUT2D eigenvalue weighted by molar-refractivity contribution is 6.30. The maximum atomic E-state index is 5.86. The normalized spacial score (nSPS) is 11.1. The van der Waals surface area contributed by atoms with Crippen molar-refractivity contribution in [2.24, 2.45) is 0 Å². The van der Waals surface area contributed by atoms with Crippen LogP contribution in [0.25, 0.3) is 11.1 Å². The molecule has 1 heterocycles. The maximum absolute atomic E-state index is 5.86. The van der Waals surface area contributed by atoms with Gasteiger partial charge in [0.2, 0.25) is 0 Å². The third kappa shape index (κ3) is 2.42. The number of nitrogens with two attached hydrogens (primary N) is 1. The zero-order valence-electron chi connectivity index (χ0n) is 10.5. The molecule has 3 aromatic rings. The molecule has 3 rings (SSSR count). The van der Waals surface area contributed by atoms with Gasteiger partial charge in [0.1, 0.15) is 5.52 Å². The number of oxazole rings is 1. The van der Waals surface area contributed by atoms with Crippen LogP contribution in [0.2, 0.25) is 5.02 Å². The highest BCUT2D eigenvalue weighted by Gasteiger charge is 2.09. The third-order valence-electron chi connectivity index (χ3n) is 3.01. The van der Waals surface area contributed by atoms with Gasteiger partial charge in [-0.05, 0) is 42.3 Å². The molecule has 0 atom stereocenters. The molecule has 3 nitrogen and oxygen atoms in total. The van der Waals surface area contributed by atoms with Crippen LogP contribution in [0.15, 0.2) is 40.8 Å². The first-order chi connectivity index (χ1) is 9.11. The maximum Gasteiger partial charge on any atom is 0.199 e. The van der Waals surface area contributed by atoms with Gasteiger partial charge in [-0.3, -0.25) is 0 Å². The first-order valence-electron chi connectivity index (χ1n) is 6.02. The summed E-state index contributed by atoms with van der Waals surface area (Å²) >= 11 is 5.86. The highest BCUT2D eigenvalue weighted by atomic mass is 35.5. The lowest BCUT2D eigenvalue weighted by molar-refractivity contribution is 0.542. The monoisotopic (exact) mass is 272 g/mol. The molecule has 0 fully saturated rings. The van der Waals surface area contributed by atoms with Gasteiger partial charge in [-0.15, -0.1) is 0 Å². The van der Waals surface area contributed by atoms with Crippen molar-refractivity contribution < 1.29 is 4.42 Å². The van der Waals surface area contributed by atoms with Crippen molar-refractivity contribution in [3.05, 3.63) is 58.4 Å². The van der Waals surface area contributed by atoms with Crippen LogP contribution >= 0.6 is 11.6 Å². The number of anilines is 1. The zero-order valence-corrected chi connectivity index (χ0v) is 11.2. The molecule has 96 valence electrons. The molecule has 0 unspecified atom stereocenters. The quantitative estimate of drug-likeness (QED) is 0.718. The minimum absolute atomic E-state index is 0.644. The minimum Gasteiger partial charge on any atom is -0.440 e. The van der Waals surface area contributed by atoms with E-state index in [1.165, 1.54) is 0 Å². The summed E-state index contributed by atoms with van der Waals surface area (Å²) in [6.07, 6.45) is 0.644. The second-order valence-corrected chi connectivity index (χ2v) is 5.03. The molecule has 0 saturated heterocycles. The van der Waals surface area contributed by atoms with Crippen LogP contribution in [0, 0.1) is 6.92 Å². The number of rotatable bonds is 2. The summed E-state index contributed by atoms with van der Waals surface area (Å²) in [6.45, 7) is 1.97. The van der Waals surface area contributed by atoms with Crippen LogP contribution in [0.1, 0.15) is 17.0 Å². The Bertz CT molecular complexity index is 732. The number of aryl methyl sites for hydroxylation is 1. The van der Waals surface area contributed by atoms with Crippen molar-refractivity contribution in [2.45, 2.75) is 13.3 Å². The molecule has 0 saturated carbocycles. The lowest BCUT2D eigenvalue weighted by Crippen LogP contribution is -1.87. The van der Waals surface area contributed by atoms with Crippen molar-refractivity contribution in [2.75, 3.05) is 5.73 Å². The summed E-state index contributed by atoms with van der Waals surface area (Å²) in [5, 5.41) is 0.727. The predicted octanol–water partition coefficient (Wildman–Crippen LogP) is 3.96. The van der Waals surface area contributed by atoms with E-state index < -0.39 is 0 Å². The van der Waals surface area contributed by atoms with Gasteiger partial charge in [0.05, 0.1) is 0 Å². The molecule has 0 radical (unpaired) electrons. The number of benzene rings is 2. The van der Waals surface area contributed by atoms with E-state index in [0.717, 1.165) is 27.2 Å². The summed E-state index contributed by atoms with van der Waals surface area (Å²) in [5.41, 5.74) is 10.2. The fourth-order valence-electron chi connectivity index (χ4n) is 2.13. The van der Waals surface area contributed by atoms with E-state index in [1.807, 2.05) is 43.3 Å². The van der Waals surface area contributed by atoms with Crippen molar-refractivity contribution >= 4 is 28.4 Å². The molecule has 2 N–H and O–H groups in total. The largest absolute Gasteiger partial charge is 0.440 e. The van der Waals surface area contributed by atoms with Crippen LogP contribution in [-0.2, 0) is 6.42 Å². The van der Waals surface area contributed by atoms with E-state index in [1.54, 1.807) is 0 Å². The van der Waals surface area contributed by atoms with Crippen molar-refractivity contribution in [1.82, 2.24) is 4.98 Å². The number of halogens is 1. The Balaban J connectivity index is 1.97. The number of hydrogen-bond acceptors (Lipinski definition) is 3. The molecule has 0 aliphatic rings. The van der Waals surface area contributed by atoms with Crippen molar-refractivity contribution in [3.63, 3.8) is 0 Å². The van der Waals surface area contributed by atoms with Gasteiger partial charge >= 0.3 is 0 Å². The Hall–Kier alpha value is -2.00. The van der Waals surface area contributed by atoms with E-state index >= 15 is 0 Å². The lowest BCUT2D eigenvalue weighted by atomic mass is 10.1. The number of aromatic nitrogens is 1. The summed E-state index contributed by atoms with van der Waals surface area (Å²) in [6, 6.07) is 11.4. The fourth-order valence-corrected chi connectivity index (χ4v) is 2.25. The summed E-state index contributed by atoms with van der Waals surface area (Å²) in [5.74, 6) is 0.686. The molecule has 4 heteroatoms. The molecule has 0 spiro atoms. The lowest BCUT2D eigenvalue weighted by Gasteiger charge is -1.97. The predicted molar refractivity (Wildman–Crippen MR) is 77.4 cm³/mol. The van der Waals surface area contributed by atoms with E-state index in [4.69, 9.17) is 21.8 Å². The second kappa shape index (κ2) is 4.59. The SMILES string of the molecule is Cc1cc(N)cc2nc(Cc3ccc(Cl)cc3)oc12. The molecule has 0 bridgehead atoms. The molecule has 0 amide bonds. The molecular weight excluding hydrogens is 260 g/mol. The van der Waals surface area contributed by atoms with Crippen molar-refractivity contribution in [3.8, 4) is 0 Å². The van der Waals surface area contributed by atoms with Gasteiger partial charge in [-0.25, -0.2) is 4.98 Å². The topological polar surface area (TPSA) is 52.0 Å². The number of fused-ring (bicyclic) bond motifs is 1. The second-order valence-electron chi connectivity index (χ2n) is 4.60. The van der Waals surface area contributed by atoms with E-state index in [-0.39, 0.29) is 0 Å². The van der Waals surface area contributed by atoms with E-state index in [9.17, 15) is 0 Å². The highest BCUT2D eigenvalue weighted by Crippen LogP contribution is 2.24. The van der Waals surface area contributed by atoms with Gasteiger partial charge in [0.15, 0.2) is 11.5 Å². The Kier molecular flexibility index (Phi) is 2.91. The fraction of sp³-hybridized carbons (Fsp3) is 0.133. The van der Waals surface area contributed by atoms with Gasteiger partial charge in [-0.2, -0.15) is 0 Å². The summed E-state index contributed by atoms with van der Waals surface area (Å²) < 4.78 is 5.79. The Morgan fingerprint density at radius 1 is 1.21 bits per heavy atom. The van der Waals surface area contributed by atoms with Gasteiger partial charge < -0.3 is 10.2 Å². The van der Waals surface area contributed by atoms with Crippen LogP contribution in [0.4, 0.5) is 5.69 Å². The van der Waals surface area contributed by atoms with E-state index in [2.05, 4.69) is 4.98 Å². The van der Waals surface area contributed by atoms with Crippen LogP contribution in [-0.4, -0.2) is 4.98 Å². The average Bonchev–Trinajstić information content (AvgIpc) is 2.75. The summed E-state index contributed by atoms with van der Waals surface area (Å²) in [7, 11) is 0. The number of nitrogens with zero attached hydrogens (tertiary/aromatic N) is 1. The average molecular weight is 273 g/mol. The van der Waals surface area contributed by atoms with Crippen LogP contribution in [0.5, 0.6) is 0 Å². The summed E-state index contributed by atoms with van der Waals surface area (Å²) in [4.78, 5) is 4.47. The molecule has 1 aromatic heterocycles. The van der Waals surface area contributed by atoms with Gasteiger partial charge in [-0.1, -0.05) is 23.7 Å². The van der Waals surface area contributed by atoms with Crippen LogP contribution < -0.4 is 5.73 Å².